The van der Waals surface area contributed by atoms with Crippen LogP contribution < -0.4 is 5.32 Å². The van der Waals surface area contributed by atoms with Crippen molar-refractivity contribution in [1.29, 1.82) is 0 Å². The van der Waals surface area contributed by atoms with Crippen molar-refractivity contribution in [3.63, 3.8) is 0 Å². The molecule has 0 spiro atoms. The molecule has 0 saturated carbocycles. The third-order valence-corrected chi connectivity index (χ3v) is 6.13. The Morgan fingerprint density at radius 2 is 1.85 bits per heavy atom. The van der Waals surface area contributed by atoms with Crippen molar-refractivity contribution in [3.05, 3.63) is 114 Å². The minimum Gasteiger partial charge on any atom is -0.431 e. The Kier molecular flexibility index (Phi) is 6.21. The van der Waals surface area contributed by atoms with Crippen molar-refractivity contribution in [2.45, 2.75) is 24.1 Å². The van der Waals surface area contributed by atoms with Crippen LogP contribution in [0, 0.1) is 0 Å². The third-order valence-electron chi connectivity index (χ3n) is 5.26. The maximum absolute atomic E-state index is 13.0. The molecule has 0 radical (unpaired) electrons. The van der Waals surface area contributed by atoms with Crippen LogP contribution in [0.2, 0.25) is 0 Å². The summed E-state index contributed by atoms with van der Waals surface area (Å²) in [5.74, 6) is 0.500. The Labute approximate surface area is 195 Å². The SMILES string of the molecule is O=C(NCc1cccc(Cn2ccnc2)c1)c1ccccc1CSc1nc2ccccc2o1. The molecule has 0 saturated heterocycles. The van der Waals surface area contributed by atoms with E-state index in [1.807, 2.05) is 71.4 Å². The smallest absolute Gasteiger partial charge is 0.257 e. The number of carbonyl (C=O) groups is 1. The molecule has 0 aliphatic rings. The first-order valence-electron chi connectivity index (χ1n) is 10.6. The number of benzene rings is 3. The molecule has 0 aliphatic heterocycles. The minimum atomic E-state index is -0.0937. The van der Waals surface area contributed by atoms with Crippen LogP contribution >= 0.6 is 11.8 Å². The zero-order chi connectivity index (χ0) is 22.5. The van der Waals surface area contributed by atoms with E-state index in [9.17, 15) is 4.79 Å². The molecule has 0 unspecified atom stereocenters. The second-order valence-electron chi connectivity index (χ2n) is 7.63. The highest BCUT2D eigenvalue weighted by Crippen LogP contribution is 2.27. The number of nitrogens with one attached hydrogen (secondary N) is 1. The number of carbonyl (C=O) groups excluding carboxylic acids is 1. The molecule has 1 amide bonds. The number of rotatable bonds is 8. The van der Waals surface area contributed by atoms with E-state index >= 15 is 0 Å². The number of hydrogen-bond donors (Lipinski definition) is 1. The lowest BCUT2D eigenvalue weighted by molar-refractivity contribution is 0.0950. The molecule has 164 valence electrons. The summed E-state index contributed by atoms with van der Waals surface area (Å²) in [4.78, 5) is 21.5. The predicted molar refractivity (Wildman–Crippen MR) is 129 cm³/mol. The molecule has 6 nitrogen and oxygen atoms in total. The van der Waals surface area contributed by atoms with Gasteiger partial charge < -0.3 is 14.3 Å². The van der Waals surface area contributed by atoms with Crippen molar-refractivity contribution in [1.82, 2.24) is 19.9 Å². The van der Waals surface area contributed by atoms with Gasteiger partial charge in [-0.3, -0.25) is 4.79 Å². The Balaban J connectivity index is 1.23. The van der Waals surface area contributed by atoms with Crippen molar-refractivity contribution in [2.24, 2.45) is 0 Å². The standard InChI is InChI=1S/C26H22N4O2S/c31-25(28-15-19-6-5-7-20(14-19)16-30-13-12-27-18-30)22-9-2-1-8-21(22)17-33-26-29-23-10-3-4-11-24(23)32-26/h1-14,18H,15-17H2,(H,28,31). The minimum absolute atomic E-state index is 0.0937. The number of para-hydroxylation sites is 2. The van der Waals surface area contributed by atoms with Crippen LogP contribution in [0.25, 0.3) is 11.1 Å². The molecular formula is C26H22N4O2S. The van der Waals surface area contributed by atoms with E-state index in [4.69, 9.17) is 4.42 Å². The number of nitrogens with zero attached hydrogens (tertiary/aromatic N) is 3. The summed E-state index contributed by atoms with van der Waals surface area (Å²) in [6, 6.07) is 23.6. The van der Waals surface area contributed by atoms with E-state index in [-0.39, 0.29) is 5.91 Å². The van der Waals surface area contributed by atoms with Crippen LogP contribution in [-0.2, 0) is 18.8 Å². The van der Waals surface area contributed by atoms with Crippen LogP contribution in [0.5, 0.6) is 0 Å². The van der Waals surface area contributed by atoms with Gasteiger partial charge in [-0.15, -0.1) is 0 Å². The quantitative estimate of drug-likeness (QED) is 0.322. The number of hydrogen-bond acceptors (Lipinski definition) is 5. The van der Waals surface area contributed by atoms with Gasteiger partial charge in [0.1, 0.15) is 5.52 Å². The largest absolute Gasteiger partial charge is 0.431 e. The molecule has 1 N–H and O–H groups in total. The Bertz CT molecular complexity index is 1350. The van der Waals surface area contributed by atoms with E-state index in [0.717, 1.165) is 34.3 Å². The van der Waals surface area contributed by atoms with E-state index in [1.165, 1.54) is 11.8 Å². The average molecular weight is 455 g/mol. The molecule has 0 aliphatic carbocycles. The zero-order valence-electron chi connectivity index (χ0n) is 17.8. The summed E-state index contributed by atoms with van der Waals surface area (Å²) in [5.41, 5.74) is 5.42. The molecule has 5 rings (SSSR count). The molecule has 3 aromatic carbocycles. The van der Waals surface area contributed by atoms with Crippen LogP contribution in [-0.4, -0.2) is 20.4 Å². The fourth-order valence-corrected chi connectivity index (χ4v) is 4.47. The summed E-state index contributed by atoms with van der Waals surface area (Å²) in [6.07, 6.45) is 5.50. The summed E-state index contributed by atoms with van der Waals surface area (Å²) in [5, 5.41) is 3.65. The number of amides is 1. The monoisotopic (exact) mass is 454 g/mol. The van der Waals surface area contributed by atoms with Crippen molar-refractivity contribution < 1.29 is 9.21 Å². The van der Waals surface area contributed by atoms with Crippen LogP contribution in [0.15, 0.2) is 101 Å². The van der Waals surface area contributed by atoms with Gasteiger partial charge in [-0.2, -0.15) is 0 Å². The van der Waals surface area contributed by atoms with Crippen molar-refractivity contribution in [3.8, 4) is 0 Å². The van der Waals surface area contributed by atoms with Crippen LogP contribution in [0.1, 0.15) is 27.0 Å². The molecule has 33 heavy (non-hydrogen) atoms. The average Bonchev–Trinajstić information content (AvgIpc) is 3.51. The first kappa shape index (κ1) is 21.0. The zero-order valence-corrected chi connectivity index (χ0v) is 18.7. The van der Waals surface area contributed by atoms with E-state index in [1.54, 1.807) is 12.5 Å². The first-order valence-corrected chi connectivity index (χ1v) is 11.6. The lowest BCUT2D eigenvalue weighted by Gasteiger charge is -2.11. The lowest BCUT2D eigenvalue weighted by atomic mass is 10.1. The van der Waals surface area contributed by atoms with E-state index in [2.05, 4.69) is 27.4 Å². The number of aromatic nitrogens is 3. The normalized spacial score (nSPS) is 11.0. The maximum atomic E-state index is 13.0. The maximum Gasteiger partial charge on any atom is 0.257 e. The molecular weight excluding hydrogens is 432 g/mol. The van der Waals surface area contributed by atoms with Gasteiger partial charge in [0, 0.05) is 36.8 Å². The Hall–Kier alpha value is -3.84. The molecule has 0 atom stereocenters. The van der Waals surface area contributed by atoms with Gasteiger partial charge in [0.2, 0.25) is 0 Å². The molecule has 7 heteroatoms. The number of imidazole rings is 1. The molecule has 2 heterocycles. The molecule has 0 fully saturated rings. The predicted octanol–water partition coefficient (Wildman–Crippen LogP) is 5.29. The third kappa shape index (κ3) is 5.15. The second kappa shape index (κ2) is 9.75. The summed E-state index contributed by atoms with van der Waals surface area (Å²) < 4.78 is 7.81. The Morgan fingerprint density at radius 1 is 1.00 bits per heavy atom. The van der Waals surface area contributed by atoms with E-state index in [0.29, 0.717) is 23.1 Å². The summed E-state index contributed by atoms with van der Waals surface area (Å²) >= 11 is 1.48. The first-order chi connectivity index (χ1) is 16.2. The Morgan fingerprint density at radius 3 is 2.73 bits per heavy atom. The molecule has 5 aromatic rings. The summed E-state index contributed by atoms with van der Waals surface area (Å²) in [6.45, 7) is 1.21. The van der Waals surface area contributed by atoms with Crippen molar-refractivity contribution in [2.75, 3.05) is 0 Å². The van der Waals surface area contributed by atoms with Crippen LogP contribution in [0.3, 0.4) is 0 Å². The van der Waals surface area contributed by atoms with Gasteiger partial charge in [-0.1, -0.05) is 66.4 Å². The van der Waals surface area contributed by atoms with Gasteiger partial charge in [-0.25, -0.2) is 9.97 Å². The highest BCUT2D eigenvalue weighted by Gasteiger charge is 2.13. The highest BCUT2D eigenvalue weighted by molar-refractivity contribution is 7.98. The summed E-state index contributed by atoms with van der Waals surface area (Å²) in [7, 11) is 0. The van der Waals surface area contributed by atoms with Gasteiger partial charge in [0.25, 0.3) is 11.1 Å². The van der Waals surface area contributed by atoms with E-state index < -0.39 is 0 Å². The number of oxazole rings is 1. The van der Waals surface area contributed by atoms with Gasteiger partial charge in [-0.05, 0) is 34.9 Å². The van der Waals surface area contributed by atoms with Gasteiger partial charge in [0.05, 0.1) is 6.33 Å². The van der Waals surface area contributed by atoms with Crippen molar-refractivity contribution >= 4 is 28.8 Å². The fourth-order valence-electron chi connectivity index (χ4n) is 3.63. The lowest BCUT2D eigenvalue weighted by Crippen LogP contribution is -2.24. The molecule has 2 aromatic heterocycles. The van der Waals surface area contributed by atoms with Gasteiger partial charge >= 0.3 is 0 Å². The van der Waals surface area contributed by atoms with Crippen LogP contribution in [0.4, 0.5) is 0 Å². The topological polar surface area (TPSA) is 73.0 Å². The molecule has 0 bridgehead atoms. The second-order valence-corrected chi connectivity index (χ2v) is 8.56. The fraction of sp³-hybridized carbons (Fsp3) is 0.115. The number of thioether (sulfide) groups is 1. The highest BCUT2D eigenvalue weighted by atomic mass is 32.2. The number of fused-ring (bicyclic) bond motifs is 1. The van der Waals surface area contributed by atoms with Gasteiger partial charge in [0.15, 0.2) is 5.58 Å².